The van der Waals surface area contributed by atoms with Crippen LogP contribution in [0.5, 0.6) is 0 Å². The molecule has 0 aliphatic carbocycles. The van der Waals surface area contributed by atoms with Gasteiger partial charge in [0.15, 0.2) is 0 Å². The molecule has 0 aliphatic rings. The van der Waals surface area contributed by atoms with Crippen LogP contribution in [0, 0.1) is 5.82 Å². The molecule has 0 fully saturated rings. The second kappa shape index (κ2) is 4.18. The molecule has 0 aromatic heterocycles. The quantitative estimate of drug-likeness (QED) is 0.523. The van der Waals surface area contributed by atoms with Gasteiger partial charge < -0.3 is 0 Å². The number of benzene rings is 1. The highest BCUT2D eigenvalue weighted by molar-refractivity contribution is 9.10. The lowest BCUT2D eigenvalue weighted by molar-refractivity contribution is -0.140. The summed E-state index contributed by atoms with van der Waals surface area (Å²) in [6.07, 6.45) is -4.65. The zero-order valence-electron chi connectivity index (χ0n) is 6.63. The maximum atomic E-state index is 13.2. The van der Waals surface area contributed by atoms with Crippen LogP contribution in [0.25, 0.3) is 0 Å². The topological polar surface area (TPSA) is 0 Å². The summed E-state index contributed by atoms with van der Waals surface area (Å²) in [4.78, 5) is 0. The highest BCUT2D eigenvalue weighted by Gasteiger charge is 2.35. The first-order chi connectivity index (χ1) is 6.38. The van der Waals surface area contributed by atoms with Crippen molar-refractivity contribution < 1.29 is 17.6 Å². The van der Waals surface area contributed by atoms with Crippen molar-refractivity contribution in [2.75, 3.05) is 0 Å². The normalized spacial score (nSPS) is 11.9. The van der Waals surface area contributed by atoms with Crippen molar-refractivity contribution in [1.82, 2.24) is 0 Å². The first-order valence-corrected chi connectivity index (χ1v) is 5.39. The summed E-state index contributed by atoms with van der Waals surface area (Å²) in [7, 11) is 0. The van der Waals surface area contributed by atoms with Crippen LogP contribution in [0.2, 0.25) is 0 Å². The number of rotatable bonds is 1. The molecule has 78 valence electrons. The molecule has 0 atom stereocenters. The molecule has 1 aromatic rings. The van der Waals surface area contributed by atoms with E-state index >= 15 is 0 Å². The second-order valence-corrected chi connectivity index (χ2v) is 3.93. The Kier molecular flexibility index (Phi) is 3.58. The average Bonchev–Trinajstić information content (AvgIpc) is 2.02. The van der Waals surface area contributed by atoms with Gasteiger partial charge >= 0.3 is 6.18 Å². The Bertz CT molecular complexity index is 346. The fourth-order valence-corrected chi connectivity index (χ4v) is 2.31. The average molecular weight is 336 g/mol. The number of alkyl halides is 4. The van der Waals surface area contributed by atoms with Crippen molar-refractivity contribution in [3.05, 3.63) is 33.5 Å². The number of halogens is 6. The molecule has 0 radical (unpaired) electrons. The van der Waals surface area contributed by atoms with Gasteiger partial charge in [0, 0.05) is 15.4 Å². The van der Waals surface area contributed by atoms with E-state index in [0.29, 0.717) is 10.5 Å². The van der Waals surface area contributed by atoms with Crippen LogP contribution in [0.15, 0.2) is 16.6 Å². The minimum atomic E-state index is -4.65. The number of hydrogen-bond donors (Lipinski definition) is 0. The molecule has 0 unspecified atom stereocenters. The lowest BCUT2D eigenvalue weighted by Gasteiger charge is -2.11. The molecule has 0 bridgehead atoms. The smallest absolute Gasteiger partial charge is 0.206 e. The Morgan fingerprint density at radius 2 is 1.79 bits per heavy atom. The Balaban J connectivity index is 3.36. The first kappa shape index (κ1) is 12.0. The highest BCUT2D eigenvalue weighted by atomic mass is 79.9. The van der Waals surface area contributed by atoms with Gasteiger partial charge in [-0.05, 0) is 12.1 Å². The van der Waals surface area contributed by atoms with Crippen molar-refractivity contribution >= 4 is 31.9 Å². The van der Waals surface area contributed by atoms with Crippen molar-refractivity contribution in [3.63, 3.8) is 0 Å². The molecule has 0 spiro atoms. The van der Waals surface area contributed by atoms with E-state index in [1.807, 2.05) is 0 Å². The number of hydrogen-bond acceptors (Lipinski definition) is 0. The Morgan fingerprint density at radius 1 is 1.21 bits per heavy atom. The van der Waals surface area contributed by atoms with Gasteiger partial charge in [0.05, 0.1) is 5.56 Å². The zero-order valence-corrected chi connectivity index (χ0v) is 9.80. The van der Waals surface area contributed by atoms with Crippen LogP contribution in [0.4, 0.5) is 17.6 Å². The third-order valence-electron chi connectivity index (χ3n) is 1.63. The van der Waals surface area contributed by atoms with E-state index in [0.717, 1.165) is 0 Å². The van der Waals surface area contributed by atoms with Gasteiger partial charge in [-0.3, -0.25) is 0 Å². The predicted molar refractivity (Wildman–Crippen MR) is 51.7 cm³/mol. The Labute approximate surface area is 94.6 Å². The molecule has 0 saturated heterocycles. The molecule has 6 heteroatoms. The Hall–Kier alpha value is -0.100. The molecular formula is C8H4Br2F4. The first-order valence-electron chi connectivity index (χ1n) is 3.48. The SMILES string of the molecule is Fc1c(C(F)(F)F)ccc(Br)c1CBr. The summed E-state index contributed by atoms with van der Waals surface area (Å²) >= 11 is 5.89. The molecular weight excluding hydrogens is 332 g/mol. The van der Waals surface area contributed by atoms with E-state index in [-0.39, 0.29) is 10.9 Å². The van der Waals surface area contributed by atoms with Gasteiger partial charge in [-0.25, -0.2) is 4.39 Å². The summed E-state index contributed by atoms with van der Waals surface area (Å²) in [5.74, 6) is -1.23. The van der Waals surface area contributed by atoms with Crippen molar-refractivity contribution in [2.45, 2.75) is 11.5 Å². The summed E-state index contributed by atoms with van der Waals surface area (Å²) in [6, 6.07) is 1.90. The van der Waals surface area contributed by atoms with E-state index in [2.05, 4.69) is 31.9 Å². The molecule has 0 heterocycles. The van der Waals surface area contributed by atoms with Crippen LogP contribution in [-0.4, -0.2) is 0 Å². The van der Waals surface area contributed by atoms with Crippen molar-refractivity contribution in [1.29, 1.82) is 0 Å². The van der Waals surface area contributed by atoms with Crippen LogP contribution in [0.1, 0.15) is 11.1 Å². The van der Waals surface area contributed by atoms with Crippen molar-refractivity contribution in [2.24, 2.45) is 0 Å². The maximum Gasteiger partial charge on any atom is 0.419 e. The maximum absolute atomic E-state index is 13.2. The minimum Gasteiger partial charge on any atom is -0.206 e. The van der Waals surface area contributed by atoms with Crippen LogP contribution in [-0.2, 0) is 11.5 Å². The molecule has 1 aromatic carbocycles. The Morgan fingerprint density at radius 3 is 2.21 bits per heavy atom. The molecule has 0 saturated carbocycles. The van der Waals surface area contributed by atoms with Crippen molar-refractivity contribution in [3.8, 4) is 0 Å². The van der Waals surface area contributed by atoms with Gasteiger partial charge in [0.25, 0.3) is 0 Å². The third-order valence-corrected chi connectivity index (χ3v) is 2.93. The fourth-order valence-electron chi connectivity index (χ4n) is 0.939. The van der Waals surface area contributed by atoms with Crippen LogP contribution >= 0.6 is 31.9 Å². The second-order valence-electron chi connectivity index (χ2n) is 2.52. The lowest BCUT2D eigenvalue weighted by Crippen LogP contribution is -2.09. The van der Waals surface area contributed by atoms with Crippen LogP contribution in [0.3, 0.4) is 0 Å². The minimum absolute atomic E-state index is 0.0279. The standard InChI is InChI=1S/C8H4Br2F4/c9-3-4-6(10)2-1-5(7(4)11)8(12,13)14/h1-2H,3H2. The monoisotopic (exact) mass is 334 g/mol. The predicted octanol–water partition coefficient (Wildman–Crippen LogP) is 4.50. The molecule has 0 aliphatic heterocycles. The fraction of sp³-hybridized carbons (Fsp3) is 0.250. The molecule has 0 N–H and O–H groups in total. The zero-order chi connectivity index (χ0) is 10.9. The summed E-state index contributed by atoms with van der Waals surface area (Å²) in [6.45, 7) is 0. The molecule has 0 amide bonds. The van der Waals surface area contributed by atoms with Gasteiger partial charge in [0.1, 0.15) is 5.82 Å². The van der Waals surface area contributed by atoms with Gasteiger partial charge in [0.2, 0.25) is 0 Å². The molecule has 14 heavy (non-hydrogen) atoms. The van der Waals surface area contributed by atoms with E-state index in [1.54, 1.807) is 0 Å². The van der Waals surface area contributed by atoms with Gasteiger partial charge in [-0.1, -0.05) is 31.9 Å². The van der Waals surface area contributed by atoms with E-state index in [4.69, 9.17) is 0 Å². The lowest BCUT2D eigenvalue weighted by atomic mass is 10.1. The summed E-state index contributed by atoms with van der Waals surface area (Å²) in [5, 5.41) is 0.0311. The summed E-state index contributed by atoms with van der Waals surface area (Å²) in [5.41, 5.74) is -1.27. The molecule has 1 rings (SSSR count). The largest absolute Gasteiger partial charge is 0.419 e. The highest BCUT2D eigenvalue weighted by Crippen LogP contribution is 2.35. The van der Waals surface area contributed by atoms with Crippen LogP contribution < -0.4 is 0 Å². The van der Waals surface area contributed by atoms with E-state index in [9.17, 15) is 17.6 Å². The van der Waals surface area contributed by atoms with E-state index < -0.39 is 17.6 Å². The van der Waals surface area contributed by atoms with Gasteiger partial charge in [-0.2, -0.15) is 13.2 Å². The third kappa shape index (κ3) is 2.28. The van der Waals surface area contributed by atoms with E-state index in [1.165, 1.54) is 6.07 Å². The molecule has 0 nitrogen and oxygen atoms in total. The summed E-state index contributed by atoms with van der Waals surface area (Å²) < 4.78 is 50.2. The van der Waals surface area contributed by atoms with Gasteiger partial charge in [-0.15, -0.1) is 0 Å².